The molecule has 1 fully saturated rings. The zero-order chi connectivity index (χ0) is 15.1. The number of aromatic nitrogens is 5. The molecule has 1 saturated carbocycles. The summed E-state index contributed by atoms with van der Waals surface area (Å²) in [4.78, 5) is 4.53. The molecule has 1 aliphatic heterocycles. The molecule has 0 saturated heterocycles. The Morgan fingerprint density at radius 3 is 2.95 bits per heavy atom. The van der Waals surface area contributed by atoms with Gasteiger partial charge in [-0.25, -0.2) is 0 Å². The van der Waals surface area contributed by atoms with Gasteiger partial charge in [0.25, 0.3) is 0 Å². The van der Waals surface area contributed by atoms with E-state index in [1.54, 1.807) is 0 Å². The van der Waals surface area contributed by atoms with Crippen molar-refractivity contribution in [3.8, 4) is 0 Å². The minimum Gasteiger partial charge on any atom is -0.338 e. The molecule has 0 radical (unpaired) electrons. The molecule has 0 amide bonds. The van der Waals surface area contributed by atoms with Crippen molar-refractivity contribution in [3.05, 3.63) is 23.4 Å². The minimum atomic E-state index is 0.0770. The van der Waals surface area contributed by atoms with Crippen LogP contribution in [0.15, 0.2) is 4.52 Å². The molecule has 4 rings (SSSR count). The normalized spacial score (nSPS) is 22.5. The van der Waals surface area contributed by atoms with Crippen molar-refractivity contribution in [1.82, 2.24) is 30.2 Å². The highest BCUT2D eigenvalue weighted by Crippen LogP contribution is 2.38. The Labute approximate surface area is 129 Å². The summed E-state index contributed by atoms with van der Waals surface area (Å²) >= 11 is 0. The van der Waals surface area contributed by atoms with Gasteiger partial charge in [0.2, 0.25) is 5.89 Å². The Morgan fingerprint density at radius 1 is 1.32 bits per heavy atom. The maximum atomic E-state index is 5.41. The van der Waals surface area contributed by atoms with Crippen LogP contribution in [0.2, 0.25) is 0 Å². The van der Waals surface area contributed by atoms with Crippen LogP contribution in [0.1, 0.15) is 68.4 Å². The van der Waals surface area contributed by atoms with Crippen LogP contribution >= 0.6 is 0 Å². The zero-order valence-corrected chi connectivity index (χ0v) is 13.1. The fraction of sp³-hybridized carbons (Fsp3) is 0.733. The van der Waals surface area contributed by atoms with E-state index in [1.165, 1.54) is 12.8 Å². The largest absolute Gasteiger partial charge is 0.338 e. The molecule has 2 aromatic rings. The number of aryl methyl sites for hydroxylation is 2. The molecule has 2 aliphatic rings. The number of nitrogens with zero attached hydrogens (tertiary/aromatic N) is 5. The zero-order valence-electron chi connectivity index (χ0n) is 13.1. The lowest BCUT2D eigenvalue weighted by atomic mass is 10.1. The van der Waals surface area contributed by atoms with Gasteiger partial charge in [0.15, 0.2) is 5.82 Å². The summed E-state index contributed by atoms with van der Waals surface area (Å²) in [5, 5.41) is 16.2. The van der Waals surface area contributed by atoms with Crippen LogP contribution in [0.5, 0.6) is 0 Å². The first-order valence-electron chi connectivity index (χ1n) is 8.25. The summed E-state index contributed by atoms with van der Waals surface area (Å²) in [6, 6.07) is 0.466. The third-order valence-electron chi connectivity index (χ3n) is 4.60. The molecule has 0 bridgehead atoms. The van der Waals surface area contributed by atoms with Crippen molar-refractivity contribution >= 4 is 0 Å². The highest BCUT2D eigenvalue weighted by molar-refractivity contribution is 5.05. The highest BCUT2D eigenvalue weighted by atomic mass is 16.5. The third kappa shape index (κ3) is 2.54. The summed E-state index contributed by atoms with van der Waals surface area (Å²) in [5.41, 5.74) is 0. The van der Waals surface area contributed by atoms with E-state index in [0.29, 0.717) is 17.9 Å². The summed E-state index contributed by atoms with van der Waals surface area (Å²) in [5.74, 6) is 4.29. The van der Waals surface area contributed by atoms with Crippen LogP contribution in [0.4, 0.5) is 0 Å². The monoisotopic (exact) mass is 302 g/mol. The molecule has 2 aromatic heterocycles. The molecule has 0 aromatic carbocycles. The Morgan fingerprint density at radius 2 is 2.18 bits per heavy atom. The second-order valence-electron chi connectivity index (χ2n) is 6.39. The van der Waals surface area contributed by atoms with Crippen molar-refractivity contribution < 1.29 is 4.52 Å². The Bertz CT molecular complexity index is 645. The van der Waals surface area contributed by atoms with Gasteiger partial charge in [-0.15, -0.1) is 10.2 Å². The van der Waals surface area contributed by atoms with Gasteiger partial charge in [-0.3, -0.25) is 0 Å². The smallest absolute Gasteiger partial charge is 0.243 e. The van der Waals surface area contributed by atoms with Crippen molar-refractivity contribution in [3.63, 3.8) is 0 Å². The first-order chi connectivity index (χ1) is 10.7. The molecule has 7 nitrogen and oxygen atoms in total. The molecule has 3 heterocycles. The Hall–Kier alpha value is -1.76. The lowest BCUT2D eigenvalue weighted by molar-refractivity contribution is 0.292. The molecule has 0 unspecified atom stereocenters. The molecule has 118 valence electrons. The van der Waals surface area contributed by atoms with Crippen LogP contribution in [0.25, 0.3) is 0 Å². The molecule has 1 aliphatic carbocycles. The van der Waals surface area contributed by atoms with Crippen LogP contribution < -0.4 is 5.32 Å². The summed E-state index contributed by atoms with van der Waals surface area (Å²) in [7, 11) is 0. The topological polar surface area (TPSA) is 81.7 Å². The van der Waals surface area contributed by atoms with Crippen LogP contribution in [0, 0.1) is 0 Å². The number of hydrogen-bond donors (Lipinski definition) is 1. The average molecular weight is 302 g/mol. The van der Waals surface area contributed by atoms with Crippen LogP contribution in [-0.2, 0) is 19.4 Å². The van der Waals surface area contributed by atoms with E-state index in [0.717, 1.165) is 43.3 Å². The fourth-order valence-corrected chi connectivity index (χ4v) is 3.14. The van der Waals surface area contributed by atoms with Crippen LogP contribution in [-0.4, -0.2) is 30.9 Å². The van der Waals surface area contributed by atoms with E-state index in [-0.39, 0.29) is 6.04 Å². The lowest BCUT2D eigenvalue weighted by Gasteiger charge is -2.27. The van der Waals surface area contributed by atoms with Gasteiger partial charge in [-0.2, -0.15) is 4.98 Å². The van der Waals surface area contributed by atoms with E-state index in [4.69, 9.17) is 4.52 Å². The molecule has 2 atom stereocenters. The number of rotatable bonds is 5. The lowest BCUT2D eigenvalue weighted by Crippen LogP contribution is -2.39. The van der Waals surface area contributed by atoms with Gasteiger partial charge in [-0.1, -0.05) is 12.1 Å². The van der Waals surface area contributed by atoms with Crippen molar-refractivity contribution in [2.24, 2.45) is 0 Å². The predicted molar refractivity (Wildman–Crippen MR) is 79.3 cm³/mol. The standard InChI is InChI=1S/C15H22N6O/c1-3-12-18-19-13-7-6-11(8-21(12)13)16-9(2)15-17-14(20-22-15)10-4-5-10/h9-11,16H,3-8H2,1-2H3/t9-,11-/m0/s1. The minimum absolute atomic E-state index is 0.0770. The van der Waals surface area contributed by atoms with Crippen molar-refractivity contribution in [2.45, 2.75) is 70.5 Å². The van der Waals surface area contributed by atoms with E-state index in [2.05, 4.69) is 44.1 Å². The average Bonchev–Trinajstić information content (AvgIpc) is 3.12. The van der Waals surface area contributed by atoms with Crippen LogP contribution in [0.3, 0.4) is 0 Å². The molecule has 1 N–H and O–H groups in total. The highest BCUT2D eigenvalue weighted by Gasteiger charge is 2.30. The first kappa shape index (κ1) is 13.9. The molecule has 22 heavy (non-hydrogen) atoms. The Balaban J connectivity index is 1.42. The summed E-state index contributed by atoms with van der Waals surface area (Å²) in [6.45, 7) is 5.13. The van der Waals surface area contributed by atoms with E-state index in [9.17, 15) is 0 Å². The maximum absolute atomic E-state index is 5.41. The molecule has 7 heteroatoms. The van der Waals surface area contributed by atoms with E-state index < -0.39 is 0 Å². The number of hydrogen-bond acceptors (Lipinski definition) is 6. The summed E-state index contributed by atoms with van der Waals surface area (Å²) < 4.78 is 7.66. The molecular formula is C15H22N6O. The fourth-order valence-electron chi connectivity index (χ4n) is 3.14. The first-order valence-corrected chi connectivity index (χ1v) is 8.25. The predicted octanol–water partition coefficient (Wildman–Crippen LogP) is 1.77. The molecule has 0 spiro atoms. The van der Waals surface area contributed by atoms with Gasteiger partial charge >= 0.3 is 0 Å². The van der Waals surface area contributed by atoms with Gasteiger partial charge < -0.3 is 14.4 Å². The third-order valence-corrected chi connectivity index (χ3v) is 4.60. The van der Waals surface area contributed by atoms with E-state index >= 15 is 0 Å². The van der Waals surface area contributed by atoms with Crippen molar-refractivity contribution in [1.29, 1.82) is 0 Å². The second kappa shape index (κ2) is 5.46. The van der Waals surface area contributed by atoms with E-state index in [1.807, 2.05) is 0 Å². The summed E-state index contributed by atoms with van der Waals surface area (Å²) in [6.07, 6.45) is 5.34. The second-order valence-corrected chi connectivity index (χ2v) is 6.39. The van der Waals surface area contributed by atoms with Gasteiger partial charge in [0.05, 0.1) is 6.04 Å². The van der Waals surface area contributed by atoms with Crippen molar-refractivity contribution in [2.75, 3.05) is 0 Å². The quantitative estimate of drug-likeness (QED) is 0.906. The number of nitrogens with one attached hydrogen (secondary N) is 1. The van der Waals surface area contributed by atoms with Gasteiger partial charge in [0.1, 0.15) is 11.6 Å². The molecular weight excluding hydrogens is 280 g/mol. The maximum Gasteiger partial charge on any atom is 0.243 e. The van der Waals surface area contributed by atoms with Gasteiger partial charge in [-0.05, 0) is 26.2 Å². The Kier molecular flexibility index (Phi) is 3.44. The number of fused-ring (bicyclic) bond motifs is 1. The SMILES string of the molecule is CCc1nnc2n1C[C@@H](N[C@@H](C)c1nc(C3CC3)no1)CC2. The van der Waals surface area contributed by atoms with Gasteiger partial charge in [0, 0.05) is 31.3 Å².